The molecule has 1 heterocycles. The zero-order valence-corrected chi connectivity index (χ0v) is 8.29. The zero-order chi connectivity index (χ0) is 9.97. The van der Waals surface area contributed by atoms with E-state index in [-0.39, 0.29) is 11.7 Å². The van der Waals surface area contributed by atoms with E-state index in [4.69, 9.17) is 0 Å². The van der Waals surface area contributed by atoms with E-state index in [1.54, 1.807) is 0 Å². The van der Waals surface area contributed by atoms with Gasteiger partial charge in [-0.1, -0.05) is 0 Å². The summed E-state index contributed by atoms with van der Waals surface area (Å²) < 4.78 is 0. The lowest BCUT2D eigenvalue weighted by atomic mass is 10.1. The summed E-state index contributed by atoms with van der Waals surface area (Å²) in [5.41, 5.74) is 0. The number of ketones is 1. The van der Waals surface area contributed by atoms with Crippen molar-refractivity contribution in [2.75, 3.05) is 19.6 Å². The van der Waals surface area contributed by atoms with E-state index in [0.717, 1.165) is 25.8 Å². The summed E-state index contributed by atoms with van der Waals surface area (Å²) in [6.45, 7) is 1.73. The Hall–Kier alpha value is -0.900. The average molecular weight is 196 g/mol. The third kappa shape index (κ3) is 2.80. The first-order chi connectivity index (χ1) is 6.74. The Morgan fingerprint density at radius 1 is 1.50 bits per heavy atom. The maximum Gasteiger partial charge on any atom is 0.234 e. The van der Waals surface area contributed by atoms with E-state index in [1.165, 1.54) is 0 Å². The fraction of sp³-hybridized carbons (Fsp3) is 0.800. The van der Waals surface area contributed by atoms with Crippen LogP contribution in [0.5, 0.6) is 0 Å². The number of likely N-dealkylation sites (tertiary alicyclic amines) is 1. The molecule has 14 heavy (non-hydrogen) atoms. The first-order valence-electron chi connectivity index (χ1n) is 5.27. The molecule has 0 aromatic carbocycles. The standard InChI is InChI=1S/C10H16N2O2/c13-9-2-1-5-12(6-9)7-10(14)11-8-3-4-8/h8H,1-7H2,(H,11,14). The third-order valence-electron chi connectivity index (χ3n) is 2.64. The Kier molecular flexibility index (Phi) is 2.82. The molecule has 0 aromatic rings. The van der Waals surface area contributed by atoms with Crippen LogP contribution in [0.2, 0.25) is 0 Å². The molecule has 0 aromatic heterocycles. The summed E-state index contributed by atoms with van der Waals surface area (Å²) in [7, 11) is 0. The summed E-state index contributed by atoms with van der Waals surface area (Å²) in [6.07, 6.45) is 3.81. The molecule has 1 amide bonds. The molecule has 4 heteroatoms. The fourth-order valence-corrected chi connectivity index (χ4v) is 1.75. The number of carbonyl (C=O) groups excluding carboxylic acids is 2. The molecule has 2 rings (SSSR count). The average Bonchev–Trinajstić information content (AvgIpc) is 2.87. The van der Waals surface area contributed by atoms with Crippen LogP contribution in [0.15, 0.2) is 0 Å². The molecule has 78 valence electrons. The van der Waals surface area contributed by atoms with Crippen LogP contribution >= 0.6 is 0 Å². The van der Waals surface area contributed by atoms with Crippen molar-refractivity contribution in [2.45, 2.75) is 31.7 Å². The molecule has 0 radical (unpaired) electrons. The van der Waals surface area contributed by atoms with Crippen molar-refractivity contribution in [1.82, 2.24) is 10.2 Å². The maximum absolute atomic E-state index is 11.4. The first kappa shape index (κ1) is 9.65. The van der Waals surface area contributed by atoms with E-state index in [1.807, 2.05) is 4.90 Å². The molecule has 0 spiro atoms. The SMILES string of the molecule is O=C1CCCN(CC(=O)NC2CC2)C1. The van der Waals surface area contributed by atoms with E-state index in [9.17, 15) is 9.59 Å². The highest BCUT2D eigenvalue weighted by molar-refractivity contribution is 5.83. The lowest BCUT2D eigenvalue weighted by Gasteiger charge is -2.24. The Balaban J connectivity index is 1.72. The number of amides is 1. The van der Waals surface area contributed by atoms with Gasteiger partial charge in [0.15, 0.2) is 0 Å². The summed E-state index contributed by atoms with van der Waals surface area (Å²) in [5.74, 6) is 0.331. The van der Waals surface area contributed by atoms with Crippen molar-refractivity contribution < 1.29 is 9.59 Å². The number of hydrogen-bond acceptors (Lipinski definition) is 3. The van der Waals surface area contributed by atoms with Crippen molar-refractivity contribution in [1.29, 1.82) is 0 Å². The van der Waals surface area contributed by atoms with Crippen LogP contribution in [0.25, 0.3) is 0 Å². The van der Waals surface area contributed by atoms with Gasteiger partial charge in [-0.2, -0.15) is 0 Å². The van der Waals surface area contributed by atoms with E-state index in [2.05, 4.69) is 5.32 Å². The van der Waals surface area contributed by atoms with Crippen LogP contribution in [0.4, 0.5) is 0 Å². The molecule has 0 unspecified atom stereocenters. The van der Waals surface area contributed by atoms with Gasteiger partial charge in [0.05, 0.1) is 13.1 Å². The summed E-state index contributed by atoms with van der Waals surface area (Å²) in [5, 5.41) is 2.92. The Morgan fingerprint density at radius 2 is 2.29 bits per heavy atom. The monoisotopic (exact) mass is 196 g/mol. The number of rotatable bonds is 3. The molecule has 1 aliphatic heterocycles. The number of carbonyl (C=O) groups is 2. The highest BCUT2D eigenvalue weighted by Crippen LogP contribution is 2.18. The van der Waals surface area contributed by atoms with E-state index >= 15 is 0 Å². The first-order valence-corrected chi connectivity index (χ1v) is 5.27. The third-order valence-corrected chi connectivity index (χ3v) is 2.64. The molecule has 4 nitrogen and oxygen atoms in total. The largest absolute Gasteiger partial charge is 0.352 e. The highest BCUT2D eigenvalue weighted by atomic mass is 16.2. The van der Waals surface area contributed by atoms with Crippen molar-refractivity contribution >= 4 is 11.7 Å². The van der Waals surface area contributed by atoms with Gasteiger partial charge >= 0.3 is 0 Å². The van der Waals surface area contributed by atoms with Gasteiger partial charge in [0.1, 0.15) is 5.78 Å². The van der Waals surface area contributed by atoms with Gasteiger partial charge in [-0.25, -0.2) is 0 Å². The van der Waals surface area contributed by atoms with E-state index < -0.39 is 0 Å². The number of nitrogens with one attached hydrogen (secondary N) is 1. The minimum absolute atomic E-state index is 0.0715. The number of piperidine rings is 1. The van der Waals surface area contributed by atoms with Gasteiger partial charge in [-0.15, -0.1) is 0 Å². The van der Waals surface area contributed by atoms with Crippen LogP contribution in [0, 0.1) is 0 Å². The number of nitrogens with zero attached hydrogens (tertiary/aromatic N) is 1. The van der Waals surface area contributed by atoms with Gasteiger partial charge in [0.25, 0.3) is 0 Å². The topological polar surface area (TPSA) is 49.4 Å². The van der Waals surface area contributed by atoms with Gasteiger partial charge in [-0.3, -0.25) is 14.5 Å². The molecule has 2 fully saturated rings. The number of Topliss-reactive ketones (excluding diaryl/α,β-unsaturated/α-hetero) is 1. The minimum Gasteiger partial charge on any atom is -0.352 e. The van der Waals surface area contributed by atoms with Crippen LogP contribution in [0.1, 0.15) is 25.7 Å². The summed E-state index contributed by atoms with van der Waals surface area (Å²) in [4.78, 5) is 24.5. The summed E-state index contributed by atoms with van der Waals surface area (Å²) >= 11 is 0. The number of hydrogen-bond donors (Lipinski definition) is 1. The normalized spacial score (nSPS) is 23.6. The van der Waals surface area contributed by atoms with Crippen molar-refractivity contribution in [3.8, 4) is 0 Å². The molecule has 1 N–H and O–H groups in total. The molecule has 1 aliphatic carbocycles. The molecule has 0 bridgehead atoms. The summed E-state index contributed by atoms with van der Waals surface area (Å²) in [6, 6.07) is 0.419. The van der Waals surface area contributed by atoms with E-state index in [0.29, 0.717) is 25.6 Å². The quantitative estimate of drug-likeness (QED) is 0.687. The molecule has 1 saturated heterocycles. The molecular weight excluding hydrogens is 180 g/mol. The van der Waals surface area contributed by atoms with Crippen molar-refractivity contribution in [2.24, 2.45) is 0 Å². The van der Waals surface area contributed by atoms with Gasteiger partial charge in [-0.05, 0) is 25.8 Å². The molecular formula is C10H16N2O2. The van der Waals surface area contributed by atoms with Crippen LogP contribution in [-0.4, -0.2) is 42.3 Å². The van der Waals surface area contributed by atoms with Crippen LogP contribution in [-0.2, 0) is 9.59 Å². The Bertz CT molecular complexity index is 249. The van der Waals surface area contributed by atoms with Gasteiger partial charge in [0.2, 0.25) is 5.91 Å². The lowest BCUT2D eigenvalue weighted by Crippen LogP contribution is -2.43. The maximum atomic E-state index is 11.4. The Morgan fingerprint density at radius 3 is 2.93 bits per heavy atom. The second kappa shape index (κ2) is 4.09. The van der Waals surface area contributed by atoms with Gasteiger partial charge in [0, 0.05) is 12.5 Å². The van der Waals surface area contributed by atoms with Crippen LogP contribution < -0.4 is 5.32 Å². The predicted octanol–water partition coefficient (Wildman–Crippen LogP) is -0.0701. The highest BCUT2D eigenvalue weighted by Gasteiger charge is 2.25. The molecule has 0 atom stereocenters. The smallest absolute Gasteiger partial charge is 0.234 e. The zero-order valence-electron chi connectivity index (χ0n) is 8.29. The minimum atomic E-state index is 0.0715. The van der Waals surface area contributed by atoms with Gasteiger partial charge < -0.3 is 5.32 Å². The predicted molar refractivity (Wildman–Crippen MR) is 51.8 cm³/mol. The molecule has 2 aliphatic rings. The lowest BCUT2D eigenvalue weighted by molar-refractivity contribution is -0.125. The van der Waals surface area contributed by atoms with Crippen molar-refractivity contribution in [3.05, 3.63) is 0 Å². The second-order valence-corrected chi connectivity index (χ2v) is 4.19. The fourth-order valence-electron chi connectivity index (χ4n) is 1.75. The van der Waals surface area contributed by atoms with Crippen molar-refractivity contribution in [3.63, 3.8) is 0 Å². The molecule has 1 saturated carbocycles. The van der Waals surface area contributed by atoms with Crippen LogP contribution in [0.3, 0.4) is 0 Å². The second-order valence-electron chi connectivity index (χ2n) is 4.19. The Labute approximate surface area is 83.6 Å².